The van der Waals surface area contributed by atoms with Crippen LogP contribution in [0.15, 0.2) is 91.3 Å². The number of hydrogen-bond acceptors (Lipinski definition) is 9. The number of nitriles is 1. The number of carbonyl (C=O) groups is 5. The number of aromatic nitrogens is 2. The van der Waals surface area contributed by atoms with Crippen LogP contribution in [0.2, 0.25) is 5.02 Å². The minimum atomic E-state index is -0.981. The molecule has 1 N–H and O–H groups in total. The molecule has 4 aliphatic heterocycles. The minimum Gasteiger partial charge on any atom is -0.369 e. The molecule has 2 saturated heterocycles. The highest BCUT2D eigenvalue weighted by Crippen LogP contribution is 2.47. The van der Waals surface area contributed by atoms with Gasteiger partial charge in [0.05, 0.1) is 44.7 Å². The van der Waals surface area contributed by atoms with Gasteiger partial charge < -0.3 is 4.90 Å². The standard InChI is InChI=1S/C46H41ClN8O5/c1-46(2)37-22-30(9-13-39(37)54(45(46)60)34-10-8-31(25-48)38(47)24-34)28-4-6-29(7-5-28)32-26-49-53(27-32)17-3-16-51-18-20-52(21-19-51)33-11-12-35-36(23-33)44(59)55(43(35)58)40-14-15-41(56)50-42(40)57/h4-13,22-24,26-27,40H,3,14-21H2,1-2H3,(H,50,56,57). The van der Waals surface area contributed by atoms with Gasteiger partial charge in [0.15, 0.2) is 0 Å². The summed E-state index contributed by atoms with van der Waals surface area (Å²) in [5.41, 5.74) is 7.54. The lowest BCUT2D eigenvalue weighted by atomic mass is 9.84. The van der Waals surface area contributed by atoms with E-state index in [-0.39, 0.29) is 24.3 Å². The summed E-state index contributed by atoms with van der Waals surface area (Å²) in [7, 11) is 0. The molecule has 0 bridgehead atoms. The van der Waals surface area contributed by atoms with Gasteiger partial charge in [-0.15, -0.1) is 0 Å². The Morgan fingerprint density at radius 3 is 2.22 bits per heavy atom. The van der Waals surface area contributed by atoms with E-state index in [0.717, 1.165) is 89.8 Å². The number of aryl methyl sites for hydroxylation is 1. The lowest BCUT2D eigenvalue weighted by Gasteiger charge is -2.36. The Morgan fingerprint density at radius 1 is 0.800 bits per heavy atom. The summed E-state index contributed by atoms with van der Waals surface area (Å²) in [5.74, 6) is -2.06. The van der Waals surface area contributed by atoms with Crippen molar-refractivity contribution in [3.05, 3.63) is 119 Å². The number of carbonyl (C=O) groups excluding carboxylic acids is 5. The molecule has 0 radical (unpaired) electrons. The van der Waals surface area contributed by atoms with Crippen molar-refractivity contribution in [1.29, 1.82) is 5.26 Å². The highest BCUT2D eigenvalue weighted by Gasteiger charge is 2.46. The van der Waals surface area contributed by atoms with E-state index in [9.17, 15) is 29.2 Å². The Hall–Kier alpha value is -6.62. The number of hydrogen-bond donors (Lipinski definition) is 1. The topological polar surface area (TPSA) is 152 Å². The highest BCUT2D eigenvalue weighted by atomic mass is 35.5. The van der Waals surface area contributed by atoms with Gasteiger partial charge in [-0.05, 0) is 97.5 Å². The van der Waals surface area contributed by atoms with Crippen molar-refractivity contribution >= 4 is 58.2 Å². The van der Waals surface area contributed by atoms with E-state index in [0.29, 0.717) is 21.8 Å². The molecular weight excluding hydrogens is 780 g/mol. The molecule has 1 atom stereocenters. The number of imide groups is 2. The average Bonchev–Trinajstić information content (AvgIpc) is 3.88. The number of piperazine rings is 1. The fraction of sp³-hybridized carbons (Fsp3) is 0.283. The van der Waals surface area contributed by atoms with Gasteiger partial charge in [-0.25, -0.2) is 0 Å². The first-order valence-corrected chi connectivity index (χ1v) is 20.4. The highest BCUT2D eigenvalue weighted by molar-refractivity contribution is 6.32. The average molecular weight is 821 g/mol. The number of fused-ring (bicyclic) bond motifs is 2. The smallest absolute Gasteiger partial charge is 0.262 e. The van der Waals surface area contributed by atoms with Crippen LogP contribution in [0.25, 0.3) is 22.3 Å². The molecule has 0 saturated carbocycles. The van der Waals surface area contributed by atoms with Crippen LogP contribution in [0, 0.1) is 11.3 Å². The molecule has 302 valence electrons. The maximum absolute atomic E-state index is 13.7. The van der Waals surface area contributed by atoms with Crippen molar-refractivity contribution < 1.29 is 24.0 Å². The largest absolute Gasteiger partial charge is 0.369 e. The Kier molecular flexibility index (Phi) is 9.85. The number of anilines is 3. The van der Waals surface area contributed by atoms with Crippen molar-refractivity contribution in [2.75, 3.05) is 42.5 Å². The van der Waals surface area contributed by atoms with Crippen molar-refractivity contribution in [1.82, 2.24) is 24.9 Å². The zero-order valence-corrected chi connectivity index (χ0v) is 33.9. The van der Waals surface area contributed by atoms with Gasteiger partial charge in [0.25, 0.3) is 11.8 Å². The van der Waals surface area contributed by atoms with Gasteiger partial charge in [0.1, 0.15) is 12.1 Å². The Morgan fingerprint density at radius 2 is 1.50 bits per heavy atom. The number of nitrogens with one attached hydrogen (secondary N) is 1. The zero-order chi connectivity index (χ0) is 41.9. The summed E-state index contributed by atoms with van der Waals surface area (Å²) in [6.45, 7) is 8.80. The van der Waals surface area contributed by atoms with Crippen LogP contribution >= 0.6 is 11.6 Å². The van der Waals surface area contributed by atoms with Crippen LogP contribution in [-0.2, 0) is 26.3 Å². The number of rotatable bonds is 9. The first kappa shape index (κ1) is 38.9. The van der Waals surface area contributed by atoms with Crippen LogP contribution in [0.1, 0.15) is 65.0 Å². The van der Waals surface area contributed by atoms with E-state index in [2.05, 4.69) is 62.8 Å². The second kappa shape index (κ2) is 15.2. The summed E-state index contributed by atoms with van der Waals surface area (Å²) >= 11 is 6.33. The number of benzene rings is 4. The van der Waals surface area contributed by atoms with Crippen LogP contribution in [-0.4, -0.2) is 87.9 Å². The van der Waals surface area contributed by atoms with E-state index in [4.69, 9.17) is 11.6 Å². The van der Waals surface area contributed by atoms with E-state index >= 15 is 0 Å². The number of piperidine rings is 1. The summed E-state index contributed by atoms with van der Waals surface area (Å²) in [4.78, 5) is 71.5. The van der Waals surface area contributed by atoms with Crippen LogP contribution in [0.4, 0.5) is 17.1 Å². The summed E-state index contributed by atoms with van der Waals surface area (Å²) in [6.07, 6.45) is 5.10. The van der Waals surface area contributed by atoms with E-state index in [1.807, 2.05) is 42.9 Å². The quantitative estimate of drug-likeness (QED) is 0.169. The molecule has 4 aliphatic rings. The van der Waals surface area contributed by atoms with Crippen LogP contribution in [0.3, 0.4) is 0 Å². The first-order chi connectivity index (χ1) is 28.9. The lowest BCUT2D eigenvalue weighted by molar-refractivity contribution is -0.136. The van der Waals surface area contributed by atoms with E-state index in [1.54, 1.807) is 35.2 Å². The van der Waals surface area contributed by atoms with Gasteiger partial charge >= 0.3 is 0 Å². The second-order valence-corrected chi connectivity index (χ2v) is 16.6. The fourth-order valence-electron chi connectivity index (χ4n) is 8.74. The third kappa shape index (κ3) is 6.81. The molecule has 60 heavy (non-hydrogen) atoms. The van der Waals surface area contributed by atoms with Crippen molar-refractivity contribution in [3.8, 4) is 28.3 Å². The molecule has 5 amide bonds. The minimum absolute atomic E-state index is 0.0555. The molecular formula is C46H41ClN8O5. The summed E-state index contributed by atoms with van der Waals surface area (Å²) in [6, 6.07) is 25.9. The van der Waals surface area contributed by atoms with Gasteiger partial charge in [0, 0.05) is 63.1 Å². The van der Waals surface area contributed by atoms with E-state index < -0.39 is 35.1 Å². The summed E-state index contributed by atoms with van der Waals surface area (Å²) in [5, 5.41) is 16.5. The molecule has 2 fully saturated rings. The zero-order valence-electron chi connectivity index (χ0n) is 33.2. The molecule has 1 aromatic heterocycles. The second-order valence-electron chi connectivity index (χ2n) is 16.2. The molecule has 4 aromatic carbocycles. The summed E-state index contributed by atoms with van der Waals surface area (Å²) < 4.78 is 1.98. The van der Waals surface area contributed by atoms with E-state index in [1.165, 1.54) is 0 Å². The molecule has 9 rings (SSSR count). The SMILES string of the molecule is CC1(C)C(=O)N(c2ccc(C#N)c(Cl)c2)c2ccc(-c3ccc(-c4cnn(CCCN5CCN(c6ccc7c(c6)C(=O)N(C6CCC(=O)NC6=O)C7=O)CC5)c4)cc3)cc21. The Balaban J connectivity index is 0.782. The number of nitrogens with zero attached hydrogens (tertiary/aromatic N) is 7. The van der Waals surface area contributed by atoms with Crippen LogP contribution in [0.5, 0.6) is 0 Å². The third-order valence-electron chi connectivity index (χ3n) is 12.2. The predicted octanol–water partition coefficient (Wildman–Crippen LogP) is 6.31. The molecule has 5 aromatic rings. The van der Waals surface area contributed by atoms with Gasteiger partial charge in [-0.3, -0.25) is 48.7 Å². The predicted molar refractivity (Wildman–Crippen MR) is 226 cm³/mol. The first-order valence-electron chi connectivity index (χ1n) is 20.1. The normalized spacial score (nSPS) is 18.8. The molecule has 0 aliphatic carbocycles. The lowest BCUT2D eigenvalue weighted by Crippen LogP contribution is -2.54. The van der Waals surface area contributed by atoms with Gasteiger partial charge in [0.2, 0.25) is 17.7 Å². The van der Waals surface area contributed by atoms with Crippen molar-refractivity contribution in [2.24, 2.45) is 0 Å². The molecule has 14 heteroatoms. The maximum Gasteiger partial charge on any atom is 0.262 e. The fourth-order valence-corrected chi connectivity index (χ4v) is 8.95. The molecule has 0 spiro atoms. The van der Waals surface area contributed by atoms with Gasteiger partial charge in [-0.2, -0.15) is 10.4 Å². The monoisotopic (exact) mass is 820 g/mol. The third-order valence-corrected chi connectivity index (χ3v) is 12.5. The number of halogens is 1. The Labute approximate surface area is 351 Å². The van der Waals surface area contributed by atoms with Crippen molar-refractivity contribution in [3.63, 3.8) is 0 Å². The maximum atomic E-state index is 13.7. The molecule has 5 heterocycles. The Bertz CT molecular complexity index is 2660. The van der Waals surface area contributed by atoms with Gasteiger partial charge in [-0.1, -0.05) is 41.9 Å². The van der Waals surface area contributed by atoms with Crippen LogP contribution < -0.4 is 15.1 Å². The molecule has 13 nitrogen and oxygen atoms in total. The van der Waals surface area contributed by atoms with Crippen molar-refractivity contribution in [2.45, 2.75) is 51.1 Å². The molecule has 1 unspecified atom stereocenters. The number of amides is 5.